The molecule has 0 radical (unpaired) electrons. The van der Waals surface area contributed by atoms with E-state index < -0.39 is 12.2 Å². The van der Waals surface area contributed by atoms with Gasteiger partial charge in [-0.3, -0.25) is 0 Å². The molecule has 0 bridgehead atoms. The molecule has 14 nitrogen and oxygen atoms in total. The van der Waals surface area contributed by atoms with E-state index in [2.05, 4.69) is 21.7 Å². The lowest BCUT2D eigenvalue weighted by molar-refractivity contribution is 0.142. The summed E-state index contributed by atoms with van der Waals surface area (Å²) in [6.07, 6.45) is 3.04. The predicted octanol–water partition coefficient (Wildman–Crippen LogP) is 5.11. The fraction of sp³-hybridized carbons (Fsp3) is 0.378. The molecule has 1 aliphatic rings. The maximum absolute atomic E-state index is 11.8. The third-order valence-corrected chi connectivity index (χ3v) is 9.03. The molecule has 2 N–H and O–H groups in total. The van der Waals surface area contributed by atoms with E-state index in [0.29, 0.717) is 68.6 Å². The van der Waals surface area contributed by atoms with Crippen molar-refractivity contribution in [3.63, 3.8) is 0 Å². The van der Waals surface area contributed by atoms with Crippen molar-refractivity contribution in [2.24, 2.45) is 0 Å². The number of aliphatic hydroxyl groups excluding tert-OH is 1. The monoisotopic (exact) mass is 696 g/mol. The topological polar surface area (TPSA) is 151 Å². The number of carbonyl (C=O) groups is 1. The van der Waals surface area contributed by atoms with E-state index in [4.69, 9.17) is 29.3 Å². The van der Waals surface area contributed by atoms with Crippen LogP contribution in [-0.4, -0.2) is 92.8 Å². The summed E-state index contributed by atoms with van der Waals surface area (Å²) < 4.78 is 18.5. The fourth-order valence-electron chi connectivity index (χ4n) is 6.04. The second-order valence-electron chi connectivity index (χ2n) is 12.4. The lowest BCUT2D eigenvalue weighted by Gasteiger charge is -2.34. The number of piperazine rings is 1. The molecule has 1 amide bonds. The van der Waals surface area contributed by atoms with E-state index in [1.807, 2.05) is 61.5 Å². The fourth-order valence-corrected chi connectivity index (χ4v) is 6.04. The van der Waals surface area contributed by atoms with Crippen molar-refractivity contribution >= 4 is 23.4 Å². The number of fused-ring (bicyclic) bond motifs is 1. The minimum Gasteiger partial charge on any atom is -0.497 e. The van der Waals surface area contributed by atoms with Crippen molar-refractivity contribution in [1.29, 1.82) is 0 Å². The minimum absolute atomic E-state index is 0.178. The van der Waals surface area contributed by atoms with Gasteiger partial charge in [0.25, 0.3) is 0 Å². The number of benzene rings is 2. The molecule has 1 atom stereocenters. The number of pyridine rings is 1. The van der Waals surface area contributed by atoms with Crippen LogP contribution in [0.25, 0.3) is 5.65 Å². The van der Waals surface area contributed by atoms with Crippen LogP contribution < -0.4 is 24.0 Å². The molecular formula is C37H44N8O6. The van der Waals surface area contributed by atoms with Gasteiger partial charge in [0.1, 0.15) is 23.4 Å². The molecule has 3 aromatic heterocycles. The van der Waals surface area contributed by atoms with Crippen molar-refractivity contribution in [3.05, 3.63) is 94.9 Å². The summed E-state index contributed by atoms with van der Waals surface area (Å²) in [5.74, 6) is 2.81. The number of nitrogens with zero attached hydrogens (tertiary/aromatic N) is 8. The highest BCUT2D eigenvalue weighted by Gasteiger charge is 2.26. The van der Waals surface area contributed by atoms with Crippen molar-refractivity contribution in [3.8, 4) is 17.5 Å². The lowest BCUT2D eigenvalue weighted by atomic mass is 10.0. The van der Waals surface area contributed by atoms with Gasteiger partial charge in [-0.1, -0.05) is 37.6 Å². The molecule has 0 aliphatic carbocycles. The van der Waals surface area contributed by atoms with Crippen molar-refractivity contribution in [2.45, 2.75) is 45.9 Å². The quantitative estimate of drug-likeness (QED) is 0.149. The number of aliphatic hydroxyl groups is 1. The molecular weight excluding hydrogens is 652 g/mol. The van der Waals surface area contributed by atoms with Gasteiger partial charge >= 0.3 is 12.1 Å². The normalized spacial score (nSPS) is 13.7. The van der Waals surface area contributed by atoms with E-state index in [1.165, 1.54) is 4.90 Å². The molecule has 4 heterocycles. The Morgan fingerprint density at radius 3 is 2.10 bits per heavy atom. The largest absolute Gasteiger partial charge is 0.497 e. The van der Waals surface area contributed by atoms with Crippen molar-refractivity contribution in [2.75, 3.05) is 56.8 Å². The Kier molecular flexibility index (Phi) is 11.0. The van der Waals surface area contributed by atoms with Crippen LogP contribution in [0, 0.1) is 6.92 Å². The van der Waals surface area contributed by atoms with Gasteiger partial charge < -0.3 is 39.1 Å². The number of carboxylic acid groups (broad SMARTS) is 1. The molecule has 2 aromatic carbocycles. The second kappa shape index (κ2) is 15.9. The molecule has 14 heteroatoms. The SMILES string of the molecule is CCCCOc1nc(N(Cc2ccc(OC)cc2)Cc2ccc(OC)cc2)c2ncc(C(O)c3cnc(N4CCN(C(=O)O)CC4)cc3C)n2n1. The first-order chi connectivity index (χ1) is 24.8. The Bertz CT molecular complexity index is 1880. The molecule has 1 aliphatic heterocycles. The van der Waals surface area contributed by atoms with E-state index in [1.54, 1.807) is 31.1 Å². The van der Waals surface area contributed by atoms with Gasteiger partial charge in [-0.2, -0.15) is 4.98 Å². The third-order valence-electron chi connectivity index (χ3n) is 9.03. The summed E-state index contributed by atoms with van der Waals surface area (Å²) in [6.45, 7) is 7.33. The van der Waals surface area contributed by atoms with E-state index >= 15 is 0 Å². The number of imidazole rings is 1. The van der Waals surface area contributed by atoms with Crippen molar-refractivity contribution < 1.29 is 29.2 Å². The van der Waals surface area contributed by atoms with Gasteiger partial charge in [-0.05, 0) is 60.4 Å². The van der Waals surface area contributed by atoms with Gasteiger partial charge in [0.2, 0.25) is 0 Å². The summed E-state index contributed by atoms with van der Waals surface area (Å²) in [7, 11) is 3.29. The summed E-state index contributed by atoms with van der Waals surface area (Å²) in [5.41, 5.74) is 4.41. The molecule has 0 spiro atoms. The molecule has 6 rings (SSSR count). The maximum Gasteiger partial charge on any atom is 0.407 e. The summed E-state index contributed by atoms with van der Waals surface area (Å²) in [4.78, 5) is 31.2. The zero-order valence-corrected chi connectivity index (χ0v) is 29.4. The van der Waals surface area contributed by atoms with Crippen LogP contribution >= 0.6 is 0 Å². The second-order valence-corrected chi connectivity index (χ2v) is 12.4. The molecule has 268 valence electrons. The zero-order valence-electron chi connectivity index (χ0n) is 29.4. The number of hydrogen-bond acceptors (Lipinski definition) is 11. The number of anilines is 2. The first-order valence-electron chi connectivity index (χ1n) is 17.0. The average Bonchev–Trinajstić information content (AvgIpc) is 3.59. The first kappa shape index (κ1) is 35.2. The summed E-state index contributed by atoms with van der Waals surface area (Å²) in [6, 6.07) is 17.9. The standard InChI is InChI=1S/C37H44N8O6/c1-5-6-19-51-36-40-35(44(23-26-7-11-28(49-3)12-8-26)24-27-9-13-29(50-4)14-10-27)34-39-22-31(45(34)41-36)33(46)30-21-38-32(20-25(30)2)42-15-17-43(18-16-42)37(47)48/h7-14,20-22,33,46H,5-6,15-19,23-24H2,1-4H3,(H,47,48). The van der Waals surface area contributed by atoms with Crippen LogP contribution in [0.15, 0.2) is 67.0 Å². The molecule has 0 saturated carbocycles. The lowest BCUT2D eigenvalue weighted by Crippen LogP contribution is -2.48. The van der Waals surface area contributed by atoms with Crippen LogP contribution in [-0.2, 0) is 13.1 Å². The summed E-state index contributed by atoms with van der Waals surface area (Å²) in [5, 5.41) is 25.9. The molecule has 1 fully saturated rings. The smallest absolute Gasteiger partial charge is 0.407 e. The molecule has 1 unspecified atom stereocenters. The third kappa shape index (κ3) is 8.07. The Morgan fingerprint density at radius 2 is 1.55 bits per heavy atom. The van der Waals surface area contributed by atoms with Gasteiger partial charge in [0.05, 0.1) is 32.7 Å². The van der Waals surface area contributed by atoms with Crippen LogP contribution in [0.1, 0.15) is 53.8 Å². The highest BCUT2D eigenvalue weighted by Crippen LogP contribution is 2.31. The number of methoxy groups -OCH3 is 2. The Morgan fingerprint density at radius 1 is 0.922 bits per heavy atom. The van der Waals surface area contributed by atoms with E-state index in [-0.39, 0.29) is 6.01 Å². The number of rotatable bonds is 14. The van der Waals surface area contributed by atoms with E-state index in [9.17, 15) is 15.0 Å². The van der Waals surface area contributed by atoms with Crippen LogP contribution in [0.2, 0.25) is 0 Å². The molecule has 51 heavy (non-hydrogen) atoms. The number of aromatic nitrogens is 5. The number of ether oxygens (including phenoxy) is 3. The van der Waals surface area contributed by atoms with Crippen LogP contribution in [0.3, 0.4) is 0 Å². The molecule has 1 saturated heterocycles. The van der Waals surface area contributed by atoms with Gasteiger partial charge in [-0.25, -0.2) is 19.3 Å². The number of aryl methyl sites for hydroxylation is 1. The van der Waals surface area contributed by atoms with Crippen LogP contribution in [0.5, 0.6) is 17.5 Å². The Hall–Kier alpha value is -5.63. The van der Waals surface area contributed by atoms with Gasteiger partial charge in [0, 0.05) is 51.0 Å². The number of unbranched alkanes of at least 4 members (excludes halogenated alkanes) is 1. The Labute approximate surface area is 296 Å². The highest BCUT2D eigenvalue weighted by molar-refractivity contribution is 5.66. The average molecular weight is 697 g/mol. The first-order valence-corrected chi connectivity index (χ1v) is 17.0. The summed E-state index contributed by atoms with van der Waals surface area (Å²) >= 11 is 0. The van der Waals surface area contributed by atoms with Crippen LogP contribution in [0.4, 0.5) is 16.4 Å². The highest BCUT2D eigenvalue weighted by atomic mass is 16.5. The van der Waals surface area contributed by atoms with Gasteiger partial charge in [-0.15, -0.1) is 5.10 Å². The van der Waals surface area contributed by atoms with Crippen molar-refractivity contribution in [1.82, 2.24) is 29.5 Å². The number of amides is 1. The Balaban J connectivity index is 1.37. The zero-order chi connectivity index (χ0) is 35.9. The maximum atomic E-state index is 11.8. The molecule has 5 aromatic rings. The van der Waals surface area contributed by atoms with Gasteiger partial charge in [0.15, 0.2) is 11.5 Å². The van der Waals surface area contributed by atoms with E-state index in [0.717, 1.165) is 46.8 Å². The number of hydrogen-bond donors (Lipinski definition) is 2. The predicted molar refractivity (Wildman–Crippen MR) is 192 cm³/mol. The minimum atomic E-state index is -1.10.